The van der Waals surface area contributed by atoms with E-state index in [1.54, 1.807) is 13.8 Å². The quantitative estimate of drug-likeness (QED) is 0.547. The fourth-order valence-electron chi connectivity index (χ4n) is 1.92. The minimum Gasteiger partial charge on any atom is -0.481 e. The molecule has 1 atom stereocenters. The van der Waals surface area contributed by atoms with E-state index in [0.29, 0.717) is 17.0 Å². The number of hydrogen-bond acceptors (Lipinski definition) is 5. The first-order chi connectivity index (χ1) is 9.60. The van der Waals surface area contributed by atoms with Crippen molar-refractivity contribution in [2.75, 3.05) is 6.54 Å². The number of carbonyl (C=O) groups excluding carboxylic acids is 1. The number of nitrogens with one attached hydrogen (secondary N) is 2. The van der Waals surface area contributed by atoms with Gasteiger partial charge in [-0.2, -0.15) is 4.98 Å². The Labute approximate surface area is 121 Å². The second-order valence-electron chi connectivity index (χ2n) is 5.25. The zero-order valence-corrected chi connectivity index (χ0v) is 12.2. The van der Waals surface area contributed by atoms with Crippen molar-refractivity contribution in [1.29, 1.82) is 0 Å². The van der Waals surface area contributed by atoms with Crippen LogP contribution in [0.2, 0.25) is 0 Å². The lowest BCUT2D eigenvalue weighted by Crippen LogP contribution is -2.42. The molecule has 0 saturated heterocycles. The van der Waals surface area contributed by atoms with Crippen LogP contribution in [0.4, 0.5) is 0 Å². The van der Waals surface area contributed by atoms with Crippen molar-refractivity contribution in [2.24, 2.45) is 0 Å². The van der Waals surface area contributed by atoms with E-state index >= 15 is 0 Å². The average Bonchev–Trinajstić information content (AvgIpc) is 2.29. The molecule has 1 rings (SSSR count). The van der Waals surface area contributed by atoms with Gasteiger partial charge in [0, 0.05) is 23.5 Å². The van der Waals surface area contributed by atoms with Crippen molar-refractivity contribution in [2.45, 2.75) is 39.2 Å². The number of nitrogens with zero attached hydrogens (tertiary/aromatic N) is 1. The van der Waals surface area contributed by atoms with Gasteiger partial charge in [0.2, 0.25) is 5.91 Å². The fraction of sp³-hybridized carbons (Fsp3) is 0.538. The van der Waals surface area contributed by atoms with E-state index in [4.69, 9.17) is 5.11 Å². The van der Waals surface area contributed by atoms with E-state index in [-0.39, 0.29) is 18.9 Å². The molecule has 0 fully saturated rings. The summed E-state index contributed by atoms with van der Waals surface area (Å²) in [5, 5.41) is 20.9. The maximum absolute atomic E-state index is 11.8. The highest BCUT2D eigenvalue weighted by Gasteiger charge is 2.25. The number of aryl methyl sites for hydroxylation is 2. The fourth-order valence-corrected chi connectivity index (χ4v) is 1.92. The highest BCUT2D eigenvalue weighted by Crippen LogP contribution is 2.09. The number of carbonyl (C=O) groups is 2. The summed E-state index contributed by atoms with van der Waals surface area (Å²) in [5.74, 6) is -1.54. The number of H-pyrrole nitrogens is 1. The number of aromatic nitrogens is 2. The number of aliphatic hydroxyl groups is 1. The van der Waals surface area contributed by atoms with E-state index in [2.05, 4.69) is 15.3 Å². The summed E-state index contributed by atoms with van der Waals surface area (Å²) in [6.07, 6.45) is -0.476. The molecule has 0 bridgehead atoms. The van der Waals surface area contributed by atoms with Crippen LogP contribution in [-0.4, -0.2) is 44.2 Å². The smallest absolute Gasteiger partial charge is 0.345 e. The summed E-state index contributed by atoms with van der Waals surface area (Å²) in [5.41, 5.74) is -0.373. The maximum Gasteiger partial charge on any atom is 0.345 e. The van der Waals surface area contributed by atoms with Crippen molar-refractivity contribution in [3.05, 3.63) is 27.4 Å². The molecule has 1 amide bonds. The molecule has 8 nitrogen and oxygen atoms in total. The van der Waals surface area contributed by atoms with E-state index in [9.17, 15) is 19.5 Å². The van der Waals surface area contributed by atoms with E-state index in [1.165, 1.54) is 6.92 Å². The summed E-state index contributed by atoms with van der Waals surface area (Å²) in [7, 11) is 0. The molecular formula is C13H19N3O5. The lowest BCUT2D eigenvalue weighted by atomic mass is 10.0. The lowest BCUT2D eigenvalue weighted by Gasteiger charge is -2.21. The Bertz CT molecular complexity index is 580. The zero-order valence-electron chi connectivity index (χ0n) is 12.2. The first-order valence-corrected chi connectivity index (χ1v) is 6.38. The van der Waals surface area contributed by atoms with Gasteiger partial charge < -0.3 is 20.5 Å². The molecule has 8 heteroatoms. The standard InChI is InChI=1S/C13H19N3O5/c1-7-9(8(2)16-12(20)15-7)4-10(17)14-6-13(3,21)5-11(18)19/h21H,4-6H2,1-3H3,(H,14,17)(H,18,19)(H,15,16,20). The van der Waals surface area contributed by atoms with Crippen LogP contribution in [0.15, 0.2) is 4.79 Å². The van der Waals surface area contributed by atoms with Gasteiger partial charge in [0.15, 0.2) is 0 Å². The van der Waals surface area contributed by atoms with Crippen molar-refractivity contribution >= 4 is 11.9 Å². The molecule has 1 unspecified atom stereocenters. The molecule has 4 N–H and O–H groups in total. The molecular weight excluding hydrogens is 278 g/mol. The van der Waals surface area contributed by atoms with Crippen LogP contribution in [0.5, 0.6) is 0 Å². The third-order valence-corrected chi connectivity index (χ3v) is 2.99. The second kappa shape index (κ2) is 6.49. The van der Waals surface area contributed by atoms with Gasteiger partial charge >= 0.3 is 11.7 Å². The van der Waals surface area contributed by atoms with Crippen molar-refractivity contribution in [3.63, 3.8) is 0 Å². The van der Waals surface area contributed by atoms with Crippen molar-refractivity contribution < 1.29 is 19.8 Å². The lowest BCUT2D eigenvalue weighted by molar-refractivity contribution is -0.142. The monoisotopic (exact) mass is 297 g/mol. The van der Waals surface area contributed by atoms with Crippen LogP contribution < -0.4 is 11.0 Å². The second-order valence-corrected chi connectivity index (χ2v) is 5.25. The molecule has 0 radical (unpaired) electrons. The van der Waals surface area contributed by atoms with Gasteiger partial charge in [-0.25, -0.2) is 4.79 Å². The maximum atomic E-state index is 11.8. The summed E-state index contributed by atoms with van der Waals surface area (Å²) in [6, 6.07) is 0. The number of carboxylic acids is 1. The predicted molar refractivity (Wildman–Crippen MR) is 73.9 cm³/mol. The molecule has 21 heavy (non-hydrogen) atoms. The van der Waals surface area contributed by atoms with Crippen LogP contribution in [0, 0.1) is 13.8 Å². The zero-order chi connectivity index (χ0) is 16.2. The molecule has 0 aromatic carbocycles. The Kier molecular flexibility index (Phi) is 5.20. The van der Waals surface area contributed by atoms with E-state index in [0.717, 1.165) is 0 Å². The molecule has 0 aliphatic rings. The molecule has 1 heterocycles. The summed E-state index contributed by atoms with van der Waals surface area (Å²) in [6.45, 7) is 4.46. The third kappa shape index (κ3) is 5.35. The summed E-state index contributed by atoms with van der Waals surface area (Å²) >= 11 is 0. The van der Waals surface area contributed by atoms with Gasteiger partial charge in [0.25, 0.3) is 0 Å². The Balaban J connectivity index is 2.67. The molecule has 0 aliphatic carbocycles. The van der Waals surface area contributed by atoms with Crippen molar-refractivity contribution in [1.82, 2.24) is 15.3 Å². The number of hydrogen-bond donors (Lipinski definition) is 4. The van der Waals surface area contributed by atoms with Gasteiger partial charge in [0.1, 0.15) is 0 Å². The van der Waals surface area contributed by atoms with Gasteiger partial charge in [-0.15, -0.1) is 0 Å². The van der Waals surface area contributed by atoms with Gasteiger partial charge in [-0.3, -0.25) is 9.59 Å². The number of amides is 1. The van der Waals surface area contributed by atoms with Crippen LogP contribution in [0.25, 0.3) is 0 Å². The molecule has 1 aromatic rings. The first kappa shape index (κ1) is 16.8. The highest BCUT2D eigenvalue weighted by atomic mass is 16.4. The predicted octanol–water partition coefficient (Wildman–Crippen LogP) is -0.729. The van der Waals surface area contributed by atoms with Crippen LogP contribution in [-0.2, 0) is 16.0 Å². The SMILES string of the molecule is Cc1nc(=O)[nH]c(C)c1CC(=O)NCC(C)(O)CC(=O)O. The minimum absolute atomic E-state index is 0.00933. The van der Waals surface area contributed by atoms with E-state index in [1.807, 2.05) is 0 Å². The van der Waals surface area contributed by atoms with Gasteiger partial charge in [-0.1, -0.05) is 0 Å². The van der Waals surface area contributed by atoms with Gasteiger partial charge in [0.05, 0.1) is 18.4 Å². The molecule has 116 valence electrons. The Morgan fingerprint density at radius 1 is 1.38 bits per heavy atom. The van der Waals surface area contributed by atoms with Crippen molar-refractivity contribution in [3.8, 4) is 0 Å². The highest BCUT2D eigenvalue weighted by molar-refractivity contribution is 5.79. The first-order valence-electron chi connectivity index (χ1n) is 6.38. The molecule has 0 saturated carbocycles. The minimum atomic E-state index is -1.52. The normalized spacial score (nSPS) is 13.5. The molecule has 0 spiro atoms. The Morgan fingerprint density at radius 2 is 2.00 bits per heavy atom. The summed E-state index contributed by atoms with van der Waals surface area (Å²) in [4.78, 5) is 39.8. The number of carboxylic acid groups (broad SMARTS) is 1. The number of aromatic amines is 1. The van der Waals surface area contributed by atoms with Crippen LogP contribution in [0.1, 0.15) is 30.3 Å². The van der Waals surface area contributed by atoms with E-state index < -0.39 is 23.7 Å². The Morgan fingerprint density at radius 3 is 2.52 bits per heavy atom. The topological polar surface area (TPSA) is 132 Å². The number of rotatable bonds is 6. The van der Waals surface area contributed by atoms with Crippen LogP contribution in [0.3, 0.4) is 0 Å². The van der Waals surface area contributed by atoms with Crippen LogP contribution >= 0.6 is 0 Å². The van der Waals surface area contributed by atoms with Gasteiger partial charge in [-0.05, 0) is 20.8 Å². The Hall–Kier alpha value is -2.22. The average molecular weight is 297 g/mol. The molecule has 1 aromatic heterocycles. The number of aliphatic carboxylic acids is 1. The molecule has 0 aliphatic heterocycles. The summed E-state index contributed by atoms with van der Waals surface area (Å²) < 4.78 is 0. The third-order valence-electron chi connectivity index (χ3n) is 2.99. The largest absolute Gasteiger partial charge is 0.481 e.